The lowest BCUT2D eigenvalue weighted by Gasteiger charge is -2.20. The molecule has 5 nitrogen and oxygen atoms in total. The minimum Gasteiger partial charge on any atom is -0.507 e. The van der Waals surface area contributed by atoms with Crippen LogP contribution in [0, 0.1) is 22.7 Å². The number of ether oxygens (including phenoxy) is 1. The standard InChI is InChI=1S/C14H10IN3O2/c1-2-18(15)10-3-4-11-12(19)6-13(9(7-16)8-17)20-14(11)5-10/h3-6,19H,2H2,1H3. The van der Waals surface area contributed by atoms with Crippen molar-refractivity contribution in [2.24, 2.45) is 0 Å². The molecule has 1 aliphatic heterocycles. The Labute approximate surface area is 130 Å². The maximum absolute atomic E-state index is 9.97. The van der Waals surface area contributed by atoms with Crippen molar-refractivity contribution in [2.75, 3.05) is 9.66 Å². The summed E-state index contributed by atoms with van der Waals surface area (Å²) < 4.78 is 7.53. The van der Waals surface area contributed by atoms with E-state index in [4.69, 9.17) is 15.3 Å². The third kappa shape index (κ3) is 2.56. The van der Waals surface area contributed by atoms with Gasteiger partial charge in [-0.25, -0.2) is 0 Å². The molecule has 1 aromatic carbocycles. The maximum atomic E-state index is 9.97. The molecule has 20 heavy (non-hydrogen) atoms. The summed E-state index contributed by atoms with van der Waals surface area (Å²) in [5.74, 6) is 0.469. The molecule has 2 rings (SSSR count). The predicted octanol–water partition coefficient (Wildman–Crippen LogP) is 3.46. The lowest BCUT2D eigenvalue weighted by atomic mass is 10.1. The molecular formula is C14H10IN3O2. The number of anilines is 1. The number of aliphatic hydroxyl groups is 1. The highest BCUT2D eigenvalue weighted by molar-refractivity contribution is 14.1. The quantitative estimate of drug-likeness (QED) is 0.484. The van der Waals surface area contributed by atoms with Gasteiger partial charge in [0.2, 0.25) is 0 Å². The van der Waals surface area contributed by atoms with Crippen LogP contribution in [0.1, 0.15) is 12.5 Å². The summed E-state index contributed by atoms with van der Waals surface area (Å²) in [6.07, 6.45) is 1.28. The number of halogens is 1. The molecule has 100 valence electrons. The van der Waals surface area contributed by atoms with Crippen LogP contribution in [0.15, 0.2) is 35.6 Å². The average Bonchev–Trinajstić information content (AvgIpc) is 2.47. The smallest absolute Gasteiger partial charge is 0.172 e. The van der Waals surface area contributed by atoms with Crippen molar-refractivity contribution in [1.29, 1.82) is 10.5 Å². The van der Waals surface area contributed by atoms with E-state index in [0.29, 0.717) is 11.3 Å². The Hall–Kier alpha value is -2.19. The van der Waals surface area contributed by atoms with Crippen LogP contribution in [0.5, 0.6) is 5.75 Å². The lowest BCUT2D eigenvalue weighted by molar-refractivity contribution is 0.416. The summed E-state index contributed by atoms with van der Waals surface area (Å²) in [4.78, 5) is 0. The number of fused-ring (bicyclic) bond motifs is 1. The second-order valence-electron chi connectivity index (χ2n) is 3.95. The maximum Gasteiger partial charge on any atom is 0.172 e. The first kappa shape index (κ1) is 14.2. The van der Waals surface area contributed by atoms with Crippen LogP contribution in [-0.4, -0.2) is 11.7 Å². The summed E-state index contributed by atoms with van der Waals surface area (Å²) in [5, 5.41) is 27.7. The molecule has 1 N–H and O–H groups in total. The number of nitriles is 2. The number of nitrogens with zero attached hydrogens (tertiary/aromatic N) is 3. The van der Waals surface area contributed by atoms with Gasteiger partial charge in [-0.05, 0) is 19.1 Å². The van der Waals surface area contributed by atoms with Crippen molar-refractivity contribution in [1.82, 2.24) is 0 Å². The molecule has 0 aliphatic carbocycles. The van der Waals surface area contributed by atoms with Gasteiger partial charge in [0.25, 0.3) is 0 Å². The fourth-order valence-corrected chi connectivity index (χ4v) is 2.05. The van der Waals surface area contributed by atoms with E-state index in [2.05, 4.69) is 22.9 Å². The summed E-state index contributed by atoms with van der Waals surface area (Å²) in [7, 11) is 0. The number of hydrogen-bond acceptors (Lipinski definition) is 5. The van der Waals surface area contributed by atoms with Gasteiger partial charge in [0.05, 0.1) is 28.4 Å². The Balaban J connectivity index is 2.52. The highest BCUT2D eigenvalue weighted by Gasteiger charge is 2.20. The zero-order valence-corrected chi connectivity index (χ0v) is 12.7. The largest absolute Gasteiger partial charge is 0.507 e. The van der Waals surface area contributed by atoms with Gasteiger partial charge in [-0.2, -0.15) is 10.5 Å². The first-order valence-electron chi connectivity index (χ1n) is 5.81. The van der Waals surface area contributed by atoms with E-state index in [9.17, 15) is 5.11 Å². The van der Waals surface area contributed by atoms with Gasteiger partial charge in [-0.15, -0.1) is 0 Å². The monoisotopic (exact) mass is 379 g/mol. The van der Waals surface area contributed by atoms with E-state index in [1.807, 2.05) is 16.1 Å². The van der Waals surface area contributed by atoms with E-state index in [-0.39, 0.29) is 17.1 Å². The second-order valence-corrected chi connectivity index (χ2v) is 5.12. The van der Waals surface area contributed by atoms with Gasteiger partial charge in [-0.1, -0.05) is 0 Å². The Morgan fingerprint density at radius 2 is 2.10 bits per heavy atom. The third-order valence-electron chi connectivity index (χ3n) is 2.76. The van der Waals surface area contributed by atoms with Crippen LogP contribution in [-0.2, 0) is 0 Å². The highest BCUT2D eigenvalue weighted by atomic mass is 127. The van der Waals surface area contributed by atoms with E-state index >= 15 is 0 Å². The van der Waals surface area contributed by atoms with E-state index < -0.39 is 0 Å². The Morgan fingerprint density at radius 1 is 1.40 bits per heavy atom. The van der Waals surface area contributed by atoms with Gasteiger partial charge in [0, 0.05) is 24.4 Å². The third-order valence-corrected chi connectivity index (χ3v) is 4.00. The molecule has 0 unspecified atom stereocenters. The van der Waals surface area contributed by atoms with Gasteiger partial charge in [0.15, 0.2) is 11.3 Å². The molecule has 0 saturated carbocycles. The minimum absolute atomic E-state index is 0.0210. The van der Waals surface area contributed by atoms with Crippen LogP contribution in [0.2, 0.25) is 0 Å². The Morgan fingerprint density at radius 3 is 2.70 bits per heavy atom. The first-order valence-corrected chi connectivity index (χ1v) is 6.78. The number of hydrogen-bond donors (Lipinski definition) is 1. The molecule has 0 fully saturated rings. The average molecular weight is 379 g/mol. The van der Waals surface area contributed by atoms with Crippen molar-refractivity contribution >= 4 is 34.3 Å². The molecule has 0 amide bonds. The molecule has 6 heteroatoms. The van der Waals surface area contributed by atoms with Gasteiger partial charge in [0.1, 0.15) is 23.6 Å². The Bertz CT molecular complexity index is 679. The van der Waals surface area contributed by atoms with Crippen LogP contribution >= 0.6 is 22.9 Å². The summed E-state index contributed by atoms with van der Waals surface area (Å²) in [5.41, 5.74) is 1.28. The van der Waals surface area contributed by atoms with E-state index in [1.165, 1.54) is 6.08 Å². The molecule has 1 heterocycles. The number of allylic oxidation sites excluding steroid dienone is 2. The SMILES string of the molecule is CCN(I)c1ccc2c(c1)OC(=C(C#N)C#N)C=C2O. The summed E-state index contributed by atoms with van der Waals surface area (Å²) >= 11 is 2.17. The molecule has 0 aromatic heterocycles. The second kappa shape index (κ2) is 5.85. The number of benzene rings is 1. The molecule has 0 radical (unpaired) electrons. The van der Waals surface area contributed by atoms with Crippen LogP contribution in [0.25, 0.3) is 5.76 Å². The topological polar surface area (TPSA) is 80.3 Å². The van der Waals surface area contributed by atoms with Crippen molar-refractivity contribution in [2.45, 2.75) is 6.92 Å². The zero-order chi connectivity index (χ0) is 14.7. The van der Waals surface area contributed by atoms with Gasteiger partial charge in [-0.3, -0.25) is 0 Å². The molecule has 0 bridgehead atoms. The van der Waals surface area contributed by atoms with Crippen molar-refractivity contribution in [3.8, 4) is 17.9 Å². The molecule has 1 aliphatic rings. The number of aliphatic hydroxyl groups excluding tert-OH is 1. The van der Waals surface area contributed by atoms with Gasteiger partial charge >= 0.3 is 0 Å². The first-order chi connectivity index (χ1) is 9.60. The van der Waals surface area contributed by atoms with Crippen LogP contribution in [0.4, 0.5) is 5.69 Å². The minimum atomic E-state index is -0.172. The van der Waals surface area contributed by atoms with Crippen molar-refractivity contribution in [3.05, 3.63) is 41.2 Å². The summed E-state index contributed by atoms with van der Waals surface area (Å²) in [6.45, 7) is 2.82. The van der Waals surface area contributed by atoms with E-state index in [0.717, 1.165) is 12.2 Å². The lowest BCUT2D eigenvalue weighted by Crippen LogP contribution is -2.10. The molecule has 0 atom stereocenters. The van der Waals surface area contributed by atoms with Crippen molar-refractivity contribution in [3.63, 3.8) is 0 Å². The number of rotatable bonds is 2. The summed E-state index contributed by atoms with van der Waals surface area (Å²) in [6, 6.07) is 8.87. The predicted molar refractivity (Wildman–Crippen MR) is 83.0 cm³/mol. The fourth-order valence-electron chi connectivity index (χ4n) is 1.75. The fraction of sp³-hybridized carbons (Fsp3) is 0.143. The van der Waals surface area contributed by atoms with E-state index in [1.54, 1.807) is 24.3 Å². The van der Waals surface area contributed by atoms with Crippen molar-refractivity contribution < 1.29 is 9.84 Å². The Kier molecular flexibility index (Phi) is 4.16. The highest BCUT2D eigenvalue weighted by Crippen LogP contribution is 2.36. The molecule has 0 saturated heterocycles. The molecule has 0 spiro atoms. The van der Waals surface area contributed by atoms with Crippen LogP contribution < -0.4 is 7.85 Å². The normalized spacial score (nSPS) is 12.4. The molecular weight excluding hydrogens is 369 g/mol. The van der Waals surface area contributed by atoms with Gasteiger partial charge < -0.3 is 13.0 Å². The zero-order valence-electron chi connectivity index (χ0n) is 10.6. The van der Waals surface area contributed by atoms with Crippen LogP contribution in [0.3, 0.4) is 0 Å². The molecule has 1 aromatic rings.